The number of ether oxygens (including phenoxy) is 1. The summed E-state index contributed by atoms with van der Waals surface area (Å²) in [6.45, 7) is 0.196. The zero-order valence-corrected chi connectivity index (χ0v) is 14.6. The number of aliphatic hydroxyl groups excluding tert-OH is 1. The molecule has 132 valence electrons. The highest BCUT2D eigenvalue weighted by Gasteiger charge is 2.19. The number of H-pyrrole nitrogens is 1. The quantitative estimate of drug-likeness (QED) is 0.622. The van der Waals surface area contributed by atoms with E-state index >= 15 is 0 Å². The molecule has 0 saturated carbocycles. The van der Waals surface area contributed by atoms with E-state index in [1.807, 2.05) is 24.5 Å². The number of imidazole rings is 1. The maximum absolute atomic E-state index is 12.2. The highest BCUT2D eigenvalue weighted by molar-refractivity contribution is 7.98. The van der Waals surface area contributed by atoms with Crippen molar-refractivity contribution in [2.45, 2.75) is 17.8 Å². The molecule has 3 aromatic rings. The fourth-order valence-corrected chi connectivity index (χ4v) is 3.08. The molecule has 0 fully saturated rings. The van der Waals surface area contributed by atoms with Crippen molar-refractivity contribution in [2.24, 2.45) is 7.05 Å². The van der Waals surface area contributed by atoms with Gasteiger partial charge in [0.1, 0.15) is 18.5 Å². The van der Waals surface area contributed by atoms with Crippen molar-refractivity contribution < 1.29 is 9.84 Å². The third-order valence-corrected chi connectivity index (χ3v) is 4.41. The van der Waals surface area contributed by atoms with E-state index in [0.29, 0.717) is 10.9 Å². The van der Waals surface area contributed by atoms with E-state index in [0.717, 1.165) is 0 Å². The summed E-state index contributed by atoms with van der Waals surface area (Å²) in [5.41, 5.74) is -0.510. The molecule has 0 bridgehead atoms. The van der Waals surface area contributed by atoms with Gasteiger partial charge >= 0.3 is 5.69 Å². The number of thioether (sulfide) groups is 1. The Kier molecular flexibility index (Phi) is 4.95. The van der Waals surface area contributed by atoms with Crippen LogP contribution in [0.15, 0.2) is 45.1 Å². The number of aromatic nitrogens is 4. The van der Waals surface area contributed by atoms with E-state index in [1.54, 1.807) is 16.7 Å². The van der Waals surface area contributed by atoms with Gasteiger partial charge < -0.3 is 14.4 Å². The van der Waals surface area contributed by atoms with Crippen LogP contribution in [0.5, 0.6) is 5.75 Å². The second kappa shape index (κ2) is 7.16. The minimum absolute atomic E-state index is 0.0706. The van der Waals surface area contributed by atoms with E-state index in [1.165, 1.54) is 23.4 Å². The number of aliphatic hydroxyl groups is 1. The molecule has 2 aromatic heterocycles. The Morgan fingerprint density at radius 3 is 2.72 bits per heavy atom. The molecule has 0 aliphatic carbocycles. The average Bonchev–Trinajstić information content (AvgIpc) is 2.98. The first-order valence-electron chi connectivity index (χ1n) is 7.60. The molecule has 2 heterocycles. The van der Waals surface area contributed by atoms with Crippen molar-refractivity contribution >= 4 is 22.9 Å². The lowest BCUT2D eigenvalue weighted by molar-refractivity contribution is 0.0914. The molecule has 0 amide bonds. The summed E-state index contributed by atoms with van der Waals surface area (Å²) in [5.74, 6) is 0.655. The van der Waals surface area contributed by atoms with Gasteiger partial charge in [0, 0.05) is 7.05 Å². The Morgan fingerprint density at radius 1 is 1.32 bits per heavy atom. The summed E-state index contributed by atoms with van der Waals surface area (Å²) in [7, 11) is 1.54. The van der Waals surface area contributed by atoms with Gasteiger partial charge in [-0.1, -0.05) is 30.0 Å². The molecule has 0 unspecified atom stereocenters. The van der Waals surface area contributed by atoms with Gasteiger partial charge in [0.25, 0.3) is 5.56 Å². The van der Waals surface area contributed by atoms with E-state index in [9.17, 15) is 14.7 Å². The van der Waals surface area contributed by atoms with Crippen LogP contribution >= 0.6 is 11.8 Å². The number of hydrogen-bond acceptors (Lipinski definition) is 6. The summed E-state index contributed by atoms with van der Waals surface area (Å²) >= 11 is 1.33. The van der Waals surface area contributed by atoms with Gasteiger partial charge in [-0.15, -0.1) is 0 Å². The van der Waals surface area contributed by atoms with Crippen LogP contribution in [-0.4, -0.2) is 43.2 Å². The second-order valence-corrected chi connectivity index (χ2v) is 6.25. The summed E-state index contributed by atoms with van der Waals surface area (Å²) in [5, 5.41) is 10.9. The minimum Gasteiger partial charge on any atom is -0.491 e. The number of fused-ring (bicyclic) bond motifs is 1. The smallest absolute Gasteiger partial charge is 0.329 e. The molecule has 0 aliphatic rings. The van der Waals surface area contributed by atoms with E-state index in [2.05, 4.69) is 9.97 Å². The van der Waals surface area contributed by atoms with Gasteiger partial charge in [-0.2, -0.15) is 0 Å². The lowest BCUT2D eigenvalue weighted by Gasteiger charge is -2.14. The molecule has 1 atom stereocenters. The normalized spacial score (nSPS) is 12.4. The van der Waals surface area contributed by atoms with Crippen molar-refractivity contribution in [3.63, 3.8) is 0 Å². The number of aromatic amines is 1. The second-order valence-electron chi connectivity index (χ2n) is 5.48. The lowest BCUT2D eigenvalue weighted by Crippen LogP contribution is -2.30. The molecule has 0 spiro atoms. The first kappa shape index (κ1) is 17.3. The monoisotopic (exact) mass is 362 g/mol. The molecule has 0 aliphatic heterocycles. The first-order chi connectivity index (χ1) is 12.0. The first-order valence-corrected chi connectivity index (χ1v) is 8.83. The highest BCUT2D eigenvalue weighted by Crippen LogP contribution is 2.19. The molecule has 3 rings (SSSR count). The molecule has 2 N–H and O–H groups in total. The number of rotatable bonds is 6. The number of benzene rings is 1. The van der Waals surface area contributed by atoms with Crippen molar-refractivity contribution in [3.05, 3.63) is 51.2 Å². The minimum atomic E-state index is -0.847. The molecule has 8 nitrogen and oxygen atoms in total. The van der Waals surface area contributed by atoms with Gasteiger partial charge in [0.2, 0.25) is 0 Å². The maximum atomic E-state index is 12.2. The van der Waals surface area contributed by atoms with Crippen LogP contribution in [0.2, 0.25) is 0 Å². The van der Waals surface area contributed by atoms with E-state index < -0.39 is 17.4 Å². The molecular weight excluding hydrogens is 344 g/mol. The molecule has 0 saturated heterocycles. The molecule has 9 heteroatoms. The van der Waals surface area contributed by atoms with E-state index in [4.69, 9.17) is 4.74 Å². The average molecular weight is 362 g/mol. The number of para-hydroxylation sites is 1. The Labute approximate surface area is 147 Å². The molecule has 0 radical (unpaired) electrons. The van der Waals surface area contributed by atoms with Crippen LogP contribution in [0, 0.1) is 0 Å². The Morgan fingerprint density at radius 2 is 2.04 bits per heavy atom. The topological polar surface area (TPSA) is 102 Å². The van der Waals surface area contributed by atoms with Crippen molar-refractivity contribution in [1.82, 2.24) is 19.1 Å². The summed E-state index contributed by atoms with van der Waals surface area (Å²) < 4.78 is 8.43. The zero-order chi connectivity index (χ0) is 18.0. The summed E-state index contributed by atoms with van der Waals surface area (Å²) in [6, 6.07) is 9.16. The predicted octanol–water partition coefficient (Wildman–Crippen LogP) is 0.585. The largest absolute Gasteiger partial charge is 0.491 e. The molecule has 1 aromatic carbocycles. The van der Waals surface area contributed by atoms with Crippen LogP contribution in [0.25, 0.3) is 11.2 Å². The van der Waals surface area contributed by atoms with Gasteiger partial charge in [-0.25, -0.2) is 9.78 Å². The molecule has 25 heavy (non-hydrogen) atoms. The Hall–Kier alpha value is -2.52. The Bertz CT molecular complexity index is 993. The van der Waals surface area contributed by atoms with Crippen molar-refractivity contribution in [3.8, 4) is 5.75 Å². The fourth-order valence-electron chi connectivity index (χ4n) is 2.51. The van der Waals surface area contributed by atoms with Crippen LogP contribution in [0.3, 0.4) is 0 Å². The predicted molar refractivity (Wildman–Crippen MR) is 95.3 cm³/mol. The number of nitrogens with zero attached hydrogens (tertiary/aromatic N) is 3. The van der Waals surface area contributed by atoms with Crippen molar-refractivity contribution in [2.75, 3.05) is 12.9 Å². The van der Waals surface area contributed by atoms with Crippen molar-refractivity contribution in [1.29, 1.82) is 0 Å². The Balaban J connectivity index is 1.89. The van der Waals surface area contributed by atoms with Gasteiger partial charge in [0.15, 0.2) is 16.3 Å². The third kappa shape index (κ3) is 3.47. The zero-order valence-electron chi connectivity index (χ0n) is 13.8. The van der Waals surface area contributed by atoms with E-state index in [-0.39, 0.29) is 24.3 Å². The van der Waals surface area contributed by atoms with Crippen LogP contribution in [0.1, 0.15) is 0 Å². The maximum Gasteiger partial charge on any atom is 0.329 e. The standard InChI is InChI=1S/C16H18N4O4S/c1-19-13-12(14(22)18-15(19)23)20(16(17-13)25-2)8-10(21)9-24-11-6-4-3-5-7-11/h3-7,10,21H,8-9H2,1-2H3,(H,18,22,23)/t10-/m1/s1. The number of nitrogens with one attached hydrogen (secondary N) is 1. The fraction of sp³-hybridized carbons (Fsp3) is 0.312. The van der Waals surface area contributed by atoms with Gasteiger partial charge in [-0.05, 0) is 18.4 Å². The number of aryl methyl sites for hydroxylation is 1. The highest BCUT2D eigenvalue weighted by atomic mass is 32.2. The van der Waals surface area contributed by atoms with Crippen LogP contribution in [0.4, 0.5) is 0 Å². The van der Waals surface area contributed by atoms with Gasteiger partial charge in [-0.3, -0.25) is 14.3 Å². The third-order valence-electron chi connectivity index (χ3n) is 3.73. The van der Waals surface area contributed by atoms with Gasteiger partial charge in [0.05, 0.1) is 6.54 Å². The summed E-state index contributed by atoms with van der Waals surface area (Å²) in [4.78, 5) is 30.5. The summed E-state index contributed by atoms with van der Waals surface area (Å²) in [6.07, 6.45) is 0.969. The number of hydrogen-bond donors (Lipinski definition) is 2. The lowest BCUT2D eigenvalue weighted by atomic mass is 10.3. The van der Waals surface area contributed by atoms with Crippen LogP contribution < -0.4 is 16.0 Å². The molecular formula is C16H18N4O4S. The SMILES string of the molecule is CSc1nc2c(c(=O)[nH]c(=O)n2C)n1C[C@@H](O)COc1ccccc1. The van der Waals surface area contributed by atoms with Crippen LogP contribution in [-0.2, 0) is 13.6 Å².